The van der Waals surface area contributed by atoms with Crippen LogP contribution in [0.3, 0.4) is 0 Å². The van der Waals surface area contributed by atoms with E-state index in [-0.39, 0.29) is 3.98 Å². The SMILES string of the molecule is COc1ccc(CSC/C=N/I(C)C(=O)OC(C)(C)C)cc1. The number of benzene rings is 1. The average molecular weight is 437 g/mol. The molecule has 0 aliphatic heterocycles. The van der Waals surface area contributed by atoms with Crippen LogP contribution in [0.15, 0.2) is 27.5 Å². The summed E-state index contributed by atoms with van der Waals surface area (Å²) in [5.74, 6) is 2.59. The third kappa shape index (κ3) is 8.03. The van der Waals surface area contributed by atoms with Crippen molar-refractivity contribution in [2.75, 3.05) is 17.8 Å². The fourth-order valence-electron chi connectivity index (χ4n) is 1.42. The number of carbonyl (C=O) groups excluding carboxylic acids is 1. The summed E-state index contributed by atoms with van der Waals surface area (Å²) < 4.78 is 14.7. The van der Waals surface area contributed by atoms with Crippen molar-refractivity contribution in [1.82, 2.24) is 0 Å². The predicted octanol–water partition coefficient (Wildman–Crippen LogP) is 4.99. The van der Waals surface area contributed by atoms with Crippen LogP contribution in [0.1, 0.15) is 26.3 Å². The van der Waals surface area contributed by atoms with Crippen LogP contribution in [0.25, 0.3) is 0 Å². The van der Waals surface area contributed by atoms with E-state index in [0.29, 0.717) is 0 Å². The van der Waals surface area contributed by atoms with Gasteiger partial charge in [-0.1, -0.05) is 0 Å². The number of alkyl halides is 1. The number of halogens is 1. The molecule has 0 bridgehead atoms. The van der Waals surface area contributed by atoms with Gasteiger partial charge in [0.15, 0.2) is 0 Å². The third-order valence-electron chi connectivity index (χ3n) is 2.45. The molecule has 124 valence electrons. The minimum atomic E-state index is -2.02. The molecule has 6 heteroatoms. The van der Waals surface area contributed by atoms with Crippen molar-refractivity contribution in [3.63, 3.8) is 0 Å². The normalized spacial score (nSPS) is 12.3. The van der Waals surface area contributed by atoms with E-state index in [2.05, 4.69) is 15.3 Å². The summed E-state index contributed by atoms with van der Waals surface area (Å²) in [6, 6.07) is 8.04. The zero-order valence-corrected chi connectivity index (χ0v) is 16.7. The summed E-state index contributed by atoms with van der Waals surface area (Å²) in [5.41, 5.74) is 0.819. The van der Waals surface area contributed by atoms with Gasteiger partial charge >= 0.3 is 145 Å². The Balaban J connectivity index is 2.29. The van der Waals surface area contributed by atoms with Crippen LogP contribution >= 0.6 is 31.9 Å². The van der Waals surface area contributed by atoms with Gasteiger partial charge in [0.2, 0.25) is 0 Å². The fraction of sp³-hybridized carbons (Fsp3) is 0.500. The molecule has 0 spiro atoms. The third-order valence-corrected chi connectivity index (χ3v) is 6.09. The number of nitrogens with zero attached hydrogens (tertiary/aromatic N) is 1. The van der Waals surface area contributed by atoms with E-state index in [0.717, 1.165) is 17.3 Å². The first-order valence-electron chi connectivity index (χ1n) is 6.88. The predicted molar refractivity (Wildman–Crippen MR) is 104 cm³/mol. The van der Waals surface area contributed by atoms with Crippen LogP contribution in [0, 0.1) is 0 Å². The first-order valence-corrected chi connectivity index (χ1v) is 12.2. The number of hydrogen-bond acceptors (Lipinski definition) is 5. The summed E-state index contributed by atoms with van der Waals surface area (Å²) in [6.07, 6.45) is 1.85. The van der Waals surface area contributed by atoms with E-state index in [1.807, 2.05) is 44.0 Å². The molecule has 1 aromatic carbocycles. The second-order valence-corrected chi connectivity index (χ2v) is 10.5. The molecule has 0 aromatic heterocycles. The van der Waals surface area contributed by atoms with E-state index in [9.17, 15) is 4.79 Å². The summed E-state index contributed by atoms with van der Waals surface area (Å²) in [6.45, 7) is 5.63. The van der Waals surface area contributed by atoms with Crippen LogP contribution in [-0.2, 0) is 10.5 Å². The van der Waals surface area contributed by atoms with E-state index >= 15 is 0 Å². The molecular formula is C16H24INO3S. The van der Waals surface area contributed by atoms with Gasteiger partial charge < -0.3 is 0 Å². The van der Waals surface area contributed by atoms with Gasteiger partial charge in [-0.2, -0.15) is 0 Å². The van der Waals surface area contributed by atoms with E-state index in [1.54, 1.807) is 18.9 Å². The van der Waals surface area contributed by atoms with Gasteiger partial charge in [-0.3, -0.25) is 0 Å². The maximum atomic E-state index is 11.8. The molecular weight excluding hydrogens is 413 g/mol. The number of thioether (sulfide) groups is 1. The molecule has 0 heterocycles. The minimum absolute atomic E-state index is 0.131. The topological polar surface area (TPSA) is 47.9 Å². The summed E-state index contributed by atoms with van der Waals surface area (Å²) >= 11 is -0.253. The Hall–Kier alpha value is -0.760. The Bertz CT molecular complexity index is 497. The molecule has 0 saturated heterocycles. The molecule has 0 aliphatic carbocycles. The molecule has 0 N–H and O–H groups in total. The Morgan fingerprint density at radius 1 is 1.32 bits per heavy atom. The van der Waals surface area contributed by atoms with Crippen LogP contribution in [-0.4, -0.2) is 33.6 Å². The van der Waals surface area contributed by atoms with Crippen molar-refractivity contribution in [3.8, 4) is 5.75 Å². The Labute approximate surface area is 144 Å². The maximum absolute atomic E-state index is 11.8. The number of methoxy groups -OCH3 is 1. The molecule has 0 unspecified atom stereocenters. The Morgan fingerprint density at radius 2 is 1.95 bits per heavy atom. The van der Waals surface area contributed by atoms with Crippen LogP contribution in [0.4, 0.5) is 4.79 Å². The zero-order valence-electron chi connectivity index (χ0n) is 13.8. The summed E-state index contributed by atoms with van der Waals surface area (Å²) in [4.78, 5) is 13.7. The first-order chi connectivity index (χ1) is 10.3. The van der Waals surface area contributed by atoms with Gasteiger partial charge in [-0.25, -0.2) is 0 Å². The molecule has 1 aromatic rings. The van der Waals surface area contributed by atoms with Crippen molar-refractivity contribution in [1.29, 1.82) is 0 Å². The molecule has 4 nitrogen and oxygen atoms in total. The van der Waals surface area contributed by atoms with Crippen LogP contribution < -0.4 is 4.74 Å². The number of carbonyl (C=O) groups is 1. The molecule has 0 atom stereocenters. The molecule has 0 radical (unpaired) electrons. The van der Waals surface area contributed by atoms with E-state index in [4.69, 9.17) is 9.47 Å². The number of ether oxygens (including phenoxy) is 2. The van der Waals surface area contributed by atoms with Crippen LogP contribution in [0.5, 0.6) is 5.75 Å². The quantitative estimate of drug-likeness (QED) is 0.198. The van der Waals surface area contributed by atoms with Gasteiger partial charge in [0.1, 0.15) is 0 Å². The fourth-order valence-corrected chi connectivity index (χ4v) is 4.41. The van der Waals surface area contributed by atoms with Gasteiger partial charge in [-0.05, 0) is 0 Å². The van der Waals surface area contributed by atoms with Crippen molar-refractivity contribution in [2.45, 2.75) is 32.1 Å². The second kappa shape index (κ2) is 9.39. The average Bonchev–Trinajstić information content (AvgIpc) is 2.45. The Morgan fingerprint density at radius 3 is 2.50 bits per heavy atom. The molecule has 0 aliphatic rings. The van der Waals surface area contributed by atoms with Crippen molar-refractivity contribution >= 4 is 42.0 Å². The van der Waals surface area contributed by atoms with Crippen molar-refractivity contribution in [3.05, 3.63) is 29.8 Å². The number of hydrogen-bond donors (Lipinski definition) is 0. The van der Waals surface area contributed by atoms with Crippen molar-refractivity contribution < 1.29 is 14.3 Å². The first kappa shape index (κ1) is 19.3. The van der Waals surface area contributed by atoms with Gasteiger partial charge in [-0.15, -0.1) is 0 Å². The second-order valence-electron chi connectivity index (χ2n) is 5.54. The van der Waals surface area contributed by atoms with Gasteiger partial charge in [0.05, 0.1) is 0 Å². The molecule has 0 saturated carbocycles. The molecule has 0 amide bonds. The van der Waals surface area contributed by atoms with Crippen molar-refractivity contribution in [2.24, 2.45) is 3.21 Å². The standard InChI is InChI=1S/C16H24INO3S/c1-16(2,3)21-15(19)17(4)18-10-11-22-12-13-6-8-14(20-5)9-7-13/h6-10H,11-12H2,1-5H3/b18-10+. The van der Waals surface area contributed by atoms with Crippen LogP contribution in [0.2, 0.25) is 0 Å². The number of rotatable bonds is 7. The molecule has 0 fully saturated rings. The van der Waals surface area contributed by atoms with Gasteiger partial charge in [0.25, 0.3) is 0 Å². The summed E-state index contributed by atoms with van der Waals surface area (Å²) in [7, 11) is 1.66. The monoisotopic (exact) mass is 437 g/mol. The summed E-state index contributed by atoms with van der Waals surface area (Å²) in [5, 5.41) is 0. The zero-order chi connectivity index (χ0) is 16.6. The molecule has 22 heavy (non-hydrogen) atoms. The van der Waals surface area contributed by atoms with Gasteiger partial charge in [0, 0.05) is 0 Å². The van der Waals surface area contributed by atoms with E-state index < -0.39 is 25.7 Å². The molecule has 1 rings (SSSR count). The Kier molecular flexibility index (Phi) is 8.24. The van der Waals surface area contributed by atoms with E-state index in [1.165, 1.54) is 5.56 Å².